The van der Waals surface area contributed by atoms with Gasteiger partial charge in [-0.05, 0) is 50.1 Å². The molecule has 0 aliphatic carbocycles. The van der Waals surface area contributed by atoms with Gasteiger partial charge in [0.25, 0.3) is 0 Å². The number of hydrogen-bond acceptors (Lipinski definition) is 3. The molecule has 2 amide bonds. The van der Waals surface area contributed by atoms with Gasteiger partial charge < -0.3 is 15.4 Å². The lowest BCUT2D eigenvalue weighted by Crippen LogP contribution is -2.36. The topological polar surface area (TPSA) is 68.2 Å². The molecule has 0 aliphatic rings. The van der Waals surface area contributed by atoms with Crippen molar-refractivity contribution in [2.24, 2.45) is 0 Å². The van der Waals surface area contributed by atoms with E-state index in [4.69, 9.17) is 4.74 Å². The number of nitrogens with one attached hydrogen (secondary N) is 2. The zero-order chi connectivity index (χ0) is 19.9. The summed E-state index contributed by atoms with van der Waals surface area (Å²) in [6.45, 7) is 4.99. The number of aromatic nitrogens is 2. The second-order valence-corrected chi connectivity index (χ2v) is 6.60. The molecule has 0 bridgehead atoms. The van der Waals surface area contributed by atoms with E-state index in [1.165, 1.54) is 0 Å². The molecule has 0 saturated carbocycles. The molecule has 0 spiro atoms. The van der Waals surface area contributed by atoms with E-state index in [0.29, 0.717) is 13.1 Å². The van der Waals surface area contributed by atoms with Crippen LogP contribution >= 0.6 is 0 Å². The first-order valence-corrected chi connectivity index (χ1v) is 9.33. The van der Waals surface area contributed by atoms with Crippen LogP contribution in [0.15, 0.2) is 54.6 Å². The number of carbonyl (C=O) groups is 1. The van der Waals surface area contributed by atoms with E-state index in [-0.39, 0.29) is 6.03 Å². The summed E-state index contributed by atoms with van der Waals surface area (Å²) >= 11 is 0. The molecular formula is C22H26N4O2. The highest BCUT2D eigenvalue weighted by Gasteiger charge is 2.13. The van der Waals surface area contributed by atoms with Gasteiger partial charge >= 0.3 is 6.03 Å². The second-order valence-electron chi connectivity index (χ2n) is 6.60. The highest BCUT2D eigenvalue weighted by atomic mass is 16.5. The molecule has 146 valence electrons. The molecule has 0 fully saturated rings. The lowest BCUT2D eigenvalue weighted by atomic mass is 10.1. The third-order valence-electron chi connectivity index (χ3n) is 4.73. The smallest absolute Gasteiger partial charge is 0.315 e. The molecule has 1 heterocycles. The van der Waals surface area contributed by atoms with Gasteiger partial charge in [0.05, 0.1) is 18.5 Å². The Balaban J connectivity index is 1.51. The average molecular weight is 378 g/mol. The maximum Gasteiger partial charge on any atom is 0.315 e. The Morgan fingerprint density at radius 3 is 2.43 bits per heavy atom. The lowest BCUT2D eigenvalue weighted by Gasteiger charge is -2.09. The van der Waals surface area contributed by atoms with E-state index in [1.54, 1.807) is 7.11 Å². The normalized spacial score (nSPS) is 10.5. The molecule has 3 aromatic rings. The highest BCUT2D eigenvalue weighted by Crippen LogP contribution is 2.17. The molecule has 6 heteroatoms. The van der Waals surface area contributed by atoms with Crippen LogP contribution in [0, 0.1) is 13.8 Å². The Morgan fingerprint density at radius 2 is 1.75 bits per heavy atom. The van der Waals surface area contributed by atoms with Crippen molar-refractivity contribution in [2.75, 3.05) is 13.7 Å². The molecule has 0 unspecified atom stereocenters. The minimum absolute atomic E-state index is 0.181. The van der Waals surface area contributed by atoms with Crippen molar-refractivity contribution < 1.29 is 9.53 Å². The summed E-state index contributed by atoms with van der Waals surface area (Å²) in [6.07, 6.45) is 0.765. The Morgan fingerprint density at radius 1 is 1.04 bits per heavy atom. The first kappa shape index (κ1) is 19.5. The number of methoxy groups -OCH3 is 1. The Labute approximate surface area is 165 Å². The Kier molecular flexibility index (Phi) is 6.32. The lowest BCUT2D eigenvalue weighted by molar-refractivity contribution is 0.240. The van der Waals surface area contributed by atoms with Crippen molar-refractivity contribution in [1.82, 2.24) is 20.4 Å². The van der Waals surface area contributed by atoms with Gasteiger partial charge in [0, 0.05) is 24.3 Å². The number of nitrogens with zero attached hydrogens (tertiary/aromatic N) is 2. The molecule has 1 aromatic heterocycles. The van der Waals surface area contributed by atoms with E-state index >= 15 is 0 Å². The molecule has 3 rings (SSSR count). The summed E-state index contributed by atoms with van der Waals surface area (Å²) in [5, 5.41) is 10.4. The van der Waals surface area contributed by atoms with Crippen LogP contribution in [0.4, 0.5) is 4.79 Å². The number of aryl methyl sites for hydroxylation is 1. The number of para-hydroxylation sites is 1. The maximum absolute atomic E-state index is 12.1. The van der Waals surface area contributed by atoms with Crippen molar-refractivity contribution in [3.8, 4) is 11.4 Å². The third-order valence-corrected chi connectivity index (χ3v) is 4.73. The number of carbonyl (C=O) groups excluding carboxylic acids is 1. The minimum atomic E-state index is -0.181. The molecule has 0 radical (unpaired) electrons. The van der Waals surface area contributed by atoms with E-state index in [1.807, 2.05) is 73.1 Å². The minimum Gasteiger partial charge on any atom is -0.497 e. The first-order valence-electron chi connectivity index (χ1n) is 9.33. The van der Waals surface area contributed by atoms with E-state index in [9.17, 15) is 4.79 Å². The monoisotopic (exact) mass is 378 g/mol. The van der Waals surface area contributed by atoms with Gasteiger partial charge in [0.15, 0.2) is 0 Å². The van der Waals surface area contributed by atoms with Gasteiger partial charge in [-0.3, -0.25) is 0 Å². The predicted molar refractivity (Wildman–Crippen MR) is 110 cm³/mol. The van der Waals surface area contributed by atoms with Gasteiger partial charge in [-0.2, -0.15) is 5.10 Å². The number of ether oxygens (including phenoxy) is 1. The van der Waals surface area contributed by atoms with Crippen LogP contribution in [0.1, 0.15) is 22.5 Å². The van der Waals surface area contributed by atoms with Gasteiger partial charge in [-0.15, -0.1) is 0 Å². The molecule has 0 atom stereocenters. The fourth-order valence-corrected chi connectivity index (χ4v) is 3.10. The third kappa shape index (κ3) is 4.71. The van der Waals surface area contributed by atoms with Crippen LogP contribution < -0.4 is 15.4 Å². The molecule has 0 aliphatic heterocycles. The standard InChI is InChI=1S/C22H26N4O2/c1-16-21(17(2)26(25-16)19-7-5-4-6-8-19)15-24-22(27)23-14-13-18-9-11-20(28-3)12-10-18/h4-12H,13-15H2,1-3H3,(H2,23,24,27). The highest BCUT2D eigenvalue weighted by molar-refractivity contribution is 5.73. The largest absolute Gasteiger partial charge is 0.497 e. The number of rotatable bonds is 7. The van der Waals surface area contributed by atoms with E-state index in [0.717, 1.165) is 40.4 Å². The number of benzene rings is 2. The first-order chi connectivity index (χ1) is 13.6. The molecule has 28 heavy (non-hydrogen) atoms. The van der Waals surface area contributed by atoms with Crippen LogP contribution in [-0.2, 0) is 13.0 Å². The fourth-order valence-electron chi connectivity index (χ4n) is 3.10. The zero-order valence-electron chi connectivity index (χ0n) is 16.5. The number of amides is 2. The van der Waals surface area contributed by atoms with Gasteiger partial charge in [-0.25, -0.2) is 9.48 Å². The van der Waals surface area contributed by atoms with Crippen molar-refractivity contribution in [1.29, 1.82) is 0 Å². The fraction of sp³-hybridized carbons (Fsp3) is 0.273. The van der Waals surface area contributed by atoms with Gasteiger partial charge in [0.2, 0.25) is 0 Å². The predicted octanol–water partition coefficient (Wildman–Crippen LogP) is 3.54. The van der Waals surface area contributed by atoms with Gasteiger partial charge in [0.1, 0.15) is 5.75 Å². The summed E-state index contributed by atoms with van der Waals surface area (Å²) < 4.78 is 7.06. The van der Waals surface area contributed by atoms with Crippen molar-refractivity contribution in [2.45, 2.75) is 26.8 Å². The van der Waals surface area contributed by atoms with Crippen molar-refractivity contribution >= 4 is 6.03 Å². The van der Waals surface area contributed by atoms with E-state index in [2.05, 4.69) is 15.7 Å². The molecule has 2 N–H and O–H groups in total. The van der Waals surface area contributed by atoms with Crippen molar-refractivity contribution in [3.63, 3.8) is 0 Å². The quantitative estimate of drug-likeness (QED) is 0.661. The Bertz CT molecular complexity index is 918. The maximum atomic E-state index is 12.1. The summed E-state index contributed by atoms with van der Waals surface area (Å²) in [7, 11) is 1.65. The van der Waals surface area contributed by atoms with Crippen molar-refractivity contribution in [3.05, 3.63) is 77.1 Å². The average Bonchev–Trinajstić information content (AvgIpc) is 3.01. The van der Waals surface area contributed by atoms with E-state index < -0.39 is 0 Å². The Hall–Kier alpha value is -3.28. The summed E-state index contributed by atoms with van der Waals surface area (Å²) in [5.74, 6) is 0.830. The number of hydrogen-bond donors (Lipinski definition) is 2. The second kappa shape index (κ2) is 9.08. The molecule has 0 saturated heterocycles. The van der Waals surface area contributed by atoms with Crippen LogP contribution in [0.2, 0.25) is 0 Å². The number of urea groups is 1. The van der Waals surface area contributed by atoms with Crippen LogP contribution in [-0.4, -0.2) is 29.5 Å². The SMILES string of the molecule is COc1ccc(CCNC(=O)NCc2c(C)nn(-c3ccccc3)c2C)cc1. The molecule has 2 aromatic carbocycles. The van der Waals surface area contributed by atoms with Crippen LogP contribution in [0.25, 0.3) is 5.69 Å². The van der Waals surface area contributed by atoms with Gasteiger partial charge in [-0.1, -0.05) is 30.3 Å². The van der Waals surface area contributed by atoms with Crippen LogP contribution in [0.3, 0.4) is 0 Å². The van der Waals surface area contributed by atoms with Crippen LogP contribution in [0.5, 0.6) is 5.75 Å². The molecule has 6 nitrogen and oxygen atoms in total. The summed E-state index contributed by atoms with van der Waals surface area (Å²) in [5.41, 5.74) is 5.14. The molecular weight excluding hydrogens is 352 g/mol. The zero-order valence-corrected chi connectivity index (χ0v) is 16.5. The summed E-state index contributed by atoms with van der Waals surface area (Å²) in [6, 6.07) is 17.7. The summed E-state index contributed by atoms with van der Waals surface area (Å²) in [4.78, 5) is 12.1.